The number of rotatable bonds is 1. The summed E-state index contributed by atoms with van der Waals surface area (Å²) in [5.74, 6) is 0.261. The topological polar surface area (TPSA) is 38.0 Å². The summed E-state index contributed by atoms with van der Waals surface area (Å²) in [7, 11) is 1.84. The van der Waals surface area contributed by atoms with E-state index in [4.69, 9.17) is 0 Å². The minimum Gasteiger partial charge on any atom is -0.507 e. The summed E-state index contributed by atoms with van der Waals surface area (Å²) >= 11 is 3.37. The van der Waals surface area contributed by atoms with Crippen LogP contribution in [0.25, 0.3) is 11.3 Å². The summed E-state index contributed by atoms with van der Waals surface area (Å²) < 4.78 is 2.66. The van der Waals surface area contributed by atoms with Gasteiger partial charge in [-0.2, -0.15) is 5.10 Å². The fraction of sp³-hybridized carbons (Fsp3) is 0.100. The van der Waals surface area contributed by atoms with Gasteiger partial charge in [0.05, 0.1) is 5.69 Å². The Morgan fingerprint density at radius 3 is 2.79 bits per heavy atom. The van der Waals surface area contributed by atoms with Crippen LogP contribution in [0.3, 0.4) is 0 Å². The molecule has 0 saturated carbocycles. The summed E-state index contributed by atoms with van der Waals surface area (Å²) in [6, 6.07) is 7.19. The number of halogens is 1. The van der Waals surface area contributed by atoms with E-state index in [1.54, 1.807) is 23.0 Å². The Morgan fingerprint density at radius 1 is 1.36 bits per heavy atom. The molecule has 0 bridgehead atoms. The Labute approximate surface area is 90.1 Å². The van der Waals surface area contributed by atoms with E-state index in [9.17, 15) is 5.11 Å². The molecule has 0 aliphatic rings. The third-order valence-corrected chi connectivity index (χ3v) is 2.55. The van der Waals surface area contributed by atoms with Crippen LogP contribution in [0.2, 0.25) is 0 Å². The number of aromatic hydroxyl groups is 1. The van der Waals surface area contributed by atoms with Crippen LogP contribution in [-0.4, -0.2) is 14.9 Å². The number of hydrogen-bond acceptors (Lipinski definition) is 2. The van der Waals surface area contributed by atoms with Gasteiger partial charge in [-0.3, -0.25) is 4.68 Å². The molecule has 0 spiro atoms. The van der Waals surface area contributed by atoms with Crippen LogP contribution in [0.5, 0.6) is 5.75 Å². The third-order valence-electron chi connectivity index (χ3n) is 2.06. The number of aromatic nitrogens is 2. The first kappa shape index (κ1) is 9.27. The Morgan fingerprint density at radius 2 is 2.14 bits per heavy atom. The van der Waals surface area contributed by atoms with Crippen molar-refractivity contribution >= 4 is 15.9 Å². The molecule has 72 valence electrons. The highest BCUT2D eigenvalue weighted by atomic mass is 79.9. The molecule has 0 saturated heterocycles. The normalized spacial score (nSPS) is 10.4. The van der Waals surface area contributed by atoms with Gasteiger partial charge in [0.15, 0.2) is 0 Å². The second-order valence-electron chi connectivity index (χ2n) is 3.00. The van der Waals surface area contributed by atoms with Crippen molar-refractivity contribution in [3.63, 3.8) is 0 Å². The molecule has 2 aromatic rings. The molecule has 4 heteroatoms. The highest BCUT2D eigenvalue weighted by molar-refractivity contribution is 9.10. The lowest BCUT2D eigenvalue weighted by Gasteiger charge is -2.05. The molecule has 0 atom stereocenters. The van der Waals surface area contributed by atoms with Crippen LogP contribution < -0.4 is 0 Å². The predicted octanol–water partition coefficient (Wildman–Crippen LogP) is 2.56. The number of benzene rings is 1. The number of nitrogens with zero attached hydrogens (tertiary/aromatic N) is 2. The molecule has 0 amide bonds. The first-order valence-corrected chi connectivity index (χ1v) is 4.94. The molecular weight excluding hydrogens is 244 g/mol. The monoisotopic (exact) mass is 252 g/mol. The minimum absolute atomic E-state index is 0.261. The summed E-state index contributed by atoms with van der Waals surface area (Å²) in [4.78, 5) is 0. The average Bonchev–Trinajstić information content (AvgIpc) is 2.56. The Bertz CT molecular complexity index is 465. The van der Waals surface area contributed by atoms with E-state index in [2.05, 4.69) is 21.0 Å². The van der Waals surface area contributed by atoms with Gasteiger partial charge in [0, 0.05) is 23.3 Å². The van der Waals surface area contributed by atoms with Crippen LogP contribution in [0.4, 0.5) is 0 Å². The molecule has 1 aromatic heterocycles. The zero-order valence-electron chi connectivity index (χ0n) is 7.61. The summed E-state index contributed by atoms with van der Waals surface area (Å²) in [5.41, 5.74) is 1.67. The number of phenolic OH excluding ortho intramolecular Hbond substituents is 1. The smallest absolute Gasteiger partial charge is 0.125 e. The van der Waals surface area contributed by atoms with Gasteiger partial charge < -0.3 is 5.11 Å². The van der Waals surface area contributed by atoms with Crippen molar-refractivity contribution in [3.8, 4) is 17.0 Å². The van der Waals surface area contributed by atoms with E-state index >= 15 is 0 Å². The number of hydrogen-bond donors (Lipinski definition) is 1. The quantitative estimate of drug-likeness (QED) is 0.848. The lowest BCUT2D eigenvalue weighted by atomic mass is 10.1. The second kappa shape index (κ2) is 3.46. The van der Waals surface area contributed by atoms with E-state index in [-0.39, 0.29) is 5.75 Å². The molecule has 2 rings (SSSR count). The van der Waals surface area contributed by atoms with Crippen molar-refractivity contribution in [2.24, 2.45) is 7.05 Å². The maximum Gasteiger partial charge on any atom is 0.125 e. The van der Waals surface area contributed by atoms with Gasteiger partial charge in [0.2, 0.25) is 0 Å². The molecule has 0 aliphatic heterocycles. The van der Waals surface area contributed by atoms with Gasteiger partial charge >= 0.3 is 0 Å². The van der Waals surface area contributed by atoms with Crippen molar-refractivity contribution in [2.45, 2.75) is 0 Å². The van der Waals surface area contributed by atoms with Crippen molar-refractivity contribution in [3.05, 3.63) is 34.9 Å². The highest BCUT2D eigenvalue weighted by Gasteiger charge is 2.07. The van der Waals surface area contributed by atoms with Gasteiger partial charge in [-0.05, 0) is 24.3 Å². The largest absolute Gasteiger partial charge is 0.507 e. The summed E-state index contributed by atoms with van der Waals surface area (Å²) in [5, 5.41) is 13.7. The maximum atomic E-state index is 9.67. The van der Waals surface area contributed by atoms with E-state index in [1.165, 1.54) is 0 Å². The molecule has 0 fully saturated rings. The first-order chi connectivity index (χ1) is 6.68. The summed E-state index contributed by atoms with van der Waals surface area (Å²) in [6.45, 7) is 0. The molecule has 1 heterocycles. The van der Waals surface area contributed by atoms with Crippen molar-refractivity contribution < 1.29 is 5.11 Å². The van der Waals surface area contributed by atoms with Gasteiger partial charge in [-0.15, -0.1) is 0 Å². The van der Waals surface area contributed by atoms with Crippen LogP contribution >= 0.6 is 15.9 Å². The Balaban J connectivity index is 2.62. The standard InChI is InChI=1S/C10H9BrN2O/c1-13-9(4-5-12-13)8-6-7(11)2-3-10(8)14/h2-6,14H,1H3. The molecule has 3 nitrogen and oxygen atoms in total. The van der Waals surface area contributed by atoms with E-state index in [0.29, 0.717) is 0 Å². The molecule has 0 radical (unpaired) electrons. The fourth-order valence-corrected chi connectivity index (χ4v) is 1.71. The molecule has 14 heavy (non-hydrogen) atoms. The zero-order valence-corrected chi connectivity index (χ0v) is 9.19. The molecule has 0 unspecified atom stereocenters. The van der Waals surface area contributed by atoms with Gasteiger partial charge in [-0.25, -0.2) is 0 Å². The average molecular weight is 253 g/mol. The van der Waals surface area contributed by atoms with Crippen molar-refractivity contribution in [1.29, 1.82) is 0 Å². The number of phenols is 1. The van der Waals surface area contributed by atoms with Crippen LogP contribution in [0.1, 0.15) is 0 Å². The Kier molecular flexibility index (Phi) is 2.29. The fourth-order valence-electron chi connectivity index (χ4n) is 1.35. The molecule has 1 N–H and O–H groups in total. The second-order valence-corrected chi connectivity index (χ2v) is 3.92. The van der Waals surface area contributed by atoms with Crippen LogP contribution in [0.15, 0.2) is 34.9 Å². The lowest BCUT2D eigenvalue weighted by molar-refractivity contribution is 0.476. The van der Waals surface area contributed by atoms with Crippen LogP contribution in [-0.2, 0) is 7.05 Å². The predicted molar refractivity (Wildman–Crippen MR) is 58.0 cm³/mol. The van der Waals surface area contributed by atoms with Crippen molar-refractivity contribution in [2.75, 3.05) is 0 Å². The van der Waals surface area contributed by atoms with E-state index in [0.717, 1.165) is 15.7 Å². The lowest BCUT2D eigenvalue weighted by Crippen LogP contribution is -1.93. The minimum atomic E-state index is 0.261. The van der Waals surface area contributed by atoms with E-state index < -0.39 is 0 Å². The molecular formula is C10H9BrN2O. The van der Waals surface area contributed by atoms with Gasteiger partial charge in [-0.1, -0.05) is 15.9 Å². The first-order valence-electron chi connectivity index (χ1n) is 4.15. The number of aryl methyl sites for hydroxylation is 1. The van der Waals surface area contributed by atoms with Gasteiger partial charge in [0.25, 0.3) is 0 Å². The SMILES string of the molecule is Cn1nccc1-c1cc(Br)ccc1O. The molecule has 1 aromatic carbocycles. The molecule has 0 aliphatic carbocycles. The maximum absolute atomic E-state index is 9.67. The Hall–Kier alpha value is -1.29. The van der Waals surface area contributed by atoms with Crippen LogP contribution in [0, 0.1) is 0 Å². The highest BCUT2D eigenvalue weighted by Crippen LogP contribution is 2.30. The van der Waals surface area contributed by atoms with Crippen molar-refractivity contribution in [1.82, 2.24) is 9.78 Å². The third kappa shape index (κ3) is 1.53. The van der Waals surface area contributed by atoms with Gasteiger partial charge in [0.1, 0.15) is 5.75 Å². The zero-order chi connectivity index (χ0) is 10.1. The summed E-state index contributed by atoms with van der Waals surface area (Å²) in [6.07, 6.45) is 1.70. The van der Waals surface area contributed by atoms with E-state index in [1.807, 2.05) is 19.2 Å².